The van der Waals surface area contributed by atoms with E-state index in [1.807, 2.05) is 0 Å². The van der Waals surface area contributed by atoms with Crippen molar-refractivity contribution in [2.45, 2.75) is 64.7 Å². The lowest BCUT2D eigenvalue weighted by Crippen LogP contribution is -2.65. The second-order valence-electron chi connectivity index (χ2n) is 6.76. The maximum absolute atomic E-state index is 6.23. The number of hydrogen-bond acceptors (Lipinski definition) is 3. The molecule has 0 aromatic carbocycles. The van der Waals surface area contributed by atoms with Gasteiger partial charge in [-0.2, -0.15) is 0 Å². The third-order valence-corrected chi connectivity index (χ3v) is 5.11. The molecular formula is C15H30N2O. The van der Waals surface area contributed by atoms with E-state index in [1.54, 1.807) is 0 Å². The molecule has 2 rings (SSSR count). The molecule has 106 valence electrons. The van der Waals surface area contributed by atoms with Gasteiger partial charge in [0.15, 0.2) is 0 Å². The zero-order valence-corrected chi connectivity index (χ0v) is 12.5. The van der Waals surface area contributed by atoms with Crippen LogP contribution in [-0.2, 0) is 4.74 Å². The fourth-order valence-corrected chi connectivity index (χ4v) is 4.11. The van der Waals surface area contributed by atoms with E-state index in [-0.39, 0.29) is 5.54 Å². The molecule has 0 bridgehead atoms. The van der Waals surface area contributed by atoms with Crippen LogP contribution in [0.15, 0.2) is 0 Å². The Morgan fingerprint density at radius 3 is 2.28 bits per heavy atom. The minimum Gasteiger partial charge on any atom is -0.373 e. The van der Waals surface area contributed by atoms with Crippen LogP contribution in [0.25, 0.3) is 0 Å². The molecule has 2 aliphatic rings. The molecule has 0 aromatic rings. The summed E-state index contributed by atoms with van der Waals surface area (Å²) in [5.41, 5.74) is 6.44. The molecule has 1 aliphatic heterocycles. The molecule has 0 spiro atoms. The SMILES string of the molecule is CC1CCC(C)C(CN)(N2CC(C)OC(C)C2)C1. The van der Waals surface area contributed by atoms with E-state index >= 15 is 0 Å². The highest BCUT2D eigenvalue weighted by molar-refractivity contribution is 5.01. The van der Waals surface area contributed by atoms with Crippen molar-refractivity contribution < 1.29 is 4.74 Å². The zero-order chi connectivity index (χ0) is 13.3. The van der Waals surface area contributed by atoms with Gasteiger partial charge in [-0.1, -0.05) is 20.3 Å². The summed E-state index contributed by atoms with van der Waals surface area (Å²) in [6, 6.07) is 0. The van der Waals surface area contributed by atoms with Crippen LogP contribution in [0.3, 0.4) is 0 Å². The average molecular weight is 254 g/mol. The standard InChI is InChI=1S/C15H30N2O/c1-11-5-6-12(2)15(7-11,10-16)17-8-13(3)18-14(4)9-17/h11-14H,5-10,16H2,1-4H3. The number of rotatable bonds is 2. The molecule has 5 unspecified atom stereocenters. The molecule has 0 radical (unpaired) electrons. The molecule has 3 heteroatoms. The van der Waals surface area contributed by atoms with Gasteiger partial charge < -0.3 is 10.5 Å². The van der Waals surface area contributed by atoms with Crippen LogP contribution >= 0.6 is 0 Å². The maximum Gasteiger partial charge on any atom is 0.0678 e. The van der Waals surface area contributed by atoms with E-state index in [0.717, 1.165) is 25.6 Å². The number of morpholine rings is 1. The first-order valence-electron chi connectivity index (χ1n) is 7.58. The smallest absolute Gasteiger partial charge is 0.0678 e. The Kier molecular flexibility index (Phi) is 4.35. The minimum absolute atomic E-state index is 0.212. The van der Waals surface area contributed by atoms with Crippen molar-refractivity contribution in [2.24, 2.45) is 17.6 Å². The highest BCUT2D eigenvalue weighted by Crippen LogP contribution is 2.41. The Balaban J connectivity index is 2.19. The van der Waals surface area contributed by atoms with Gasteiger partial charge in [-0.15, -0.1) is 0 Å². The summed E-state index contributed by atoms with van der Waals surface area (Å²) in [7, 11) is 0. The number of nitrogens with zero attached hydrogens (tertiary/aromatic N) is 1. The van der Waals surface area contributed by atoms with Gasteiger partial charge in [-0.05, 0) is 38.5 Å². The number of ether oxygens (including phenoxy) is 1. The van der Waals surface area contributed by atoms with Crippen LogP contribution in [0.5, 0.6) is 0 Å². The van der Waals surface area contributed by atoms with E-state index in [1.165, 1.54) is 19.3 Å². The van der Waals surface area contributed by atoms with Gasteiger partial charge in [0.05, 0.1) is 12.2 Å². The minimum atomic E-state index is 0.212. The fraction of sp³-hybridized carbons (Fsp3) is 1.00. The summed E-state index contributed by atoms with van der Waals surface area (Å²) in [4.78, 5) is 2.64. The molecule has 1 aliphatic carbocycles. The topological polar surface area (TPSA) is 38.5 Å². The van der Waals surface area contributed by atoms with Gasteiger partial charge in [-0.25, -0.2) is 0 Å². The predicted molar refractivity (Wildman–Crippen MR) is 75.5 cm³/mol. The molecule has 3 nitrogen and oxygen atoms in total. The Morgan fingerprint density at radius 1 is 1.11 bits per heavy atom. The molecule has 1 heterocycles. The Labute approximate surface area is 112 Å². The Morgan fingerprint density at radius 2 is 1.72 bits per heavy atom. The molecule has 2 fully saturated rings. The monoisotopic (exact) mass is 254 g/mol. The van der Waals surface area contributed by atoms with Crippen molar-refractivity contribution in [1.82, 2.24) is 4.90 Å². The van der Waals surface area contributed by atoms with E-state index in [4.69, 9.17) is 10.5 Å². The van der Waals surface area contributed by atoms with Crippen LogP contribution in [0, 0.1) is 11.8 Å². The Hall–Kier alpha value is -0.120. The lowest BCUT2D eigenvalue weighted by Gasteiger charge is -2.54. The number of hydrogen-bond donors (Lipinski definition) is 1. The van der Waals surface area contributed by atoms with E-state index < -0.39 is 0 Å². The Bertz CT molecular complexity index is 274. The molecule has 18 heavy (non-hydrogen) atoms. The van der Waals surface area contributed by atoms with Gasteiger partial charge in [0.25, 0.3) is 0 Å². The molecule has 1 saturated heterocycles. The molecular weight excluding hydrogens is 224 g/mol. The third-order valence-electron chi connectivity index (χ3n) is 5.11. The third kappa shape index (κ3) is 2.59. The van der Waals surface area contributed by atoms with Crippen LogP contribution in [-0.4, -0.2) is 42.3 Å². The van der Waals surface area contributed by atoms with E-state index in [0.29, 0.717) is 18.1 Å². The van der Waals surface area contributed by atoms with Crippen molar-refractivity contribution >= 4 is 0 Å². The lowest BCUT2D eigenvalue weighted by atomic mass is 9.68. The molecule has 1 saturated carbocycles. The van der Waals surface area contributed by atoms with E-state index in [2.05, 4.69) is 32.6 Å². The first-order chi connectivity index (χ1) is 8.48. The molecule has 2 N–H and O–H groups in total. The number of nitrogens with two attached hydrogens (primary N) is 1. The molecule has 0 aromatic heterocycles. The van der Waals surface area contributed by atoms with Gasteiger partial charge >= 0.3 is 0 Å². The largest absolute Gasteiger partial charge is 0.373 e. The van der Waals surface area contributed by atoms with Crippen LogP contribution < -0.4 is 5.73 Å². The molecule has 0 amide bonds. The molecule has 5 atom stereocenters. The quantitative estimate of drug-likeness (QED) is 0.821. The predicted octanol–water partition coefficient (Wildman–Crippen LogP) is 2.25. The van der Waals surface area contributed by atoms with Crippen molar-refractivity contribution in [3.63, 3.8) is 0 Å². The van der Waals surface area contributed by atoms with Crippen LogP contribution in [0.4, 0.5) is 0 Å². The summed E-state index contributed by atoms with van der Waals surface area (Å²) < 4.78 is 5.88. The van der Waals surface area contributed by atoms with Crippen molar-refractivity contribution in [3.05, 3.63) is 0 Å². The second-order valence-corrected chi connectivity index (χ2v) is 6.76. The normalized spacial score (nSPS) is 47.2. The summed E-state index contributed by atoms with van der Waals surface area (Å²) in [6.45, 7) is 12.0. The highest BCUT2D eigenvalue weighted by atomic mass is 16.5. The van der Waals surface area contributed by atoms with Gasteiger partial charge in [0, 0.05) is 25.2 Å². The van der Waals surface area contributed by atoms with Gasteiger partial charge in [0.1, 0.15) is 0 Å². The average Bonchev–Trinajstić information content (AvgIpc) is 2.31. The lowest BCUT2D eigenvalue weighted by molar-refractivity contribution is -0.123. The maximum atomic E-state index is 6.23. The second kappa shape index (κ2) is 5.48. The zero-order valence-electron chi connectivity index (χ0n) is 12.5. The van der Waals surface area contributed by atoms with Crippen LogP contribution in [0.1, 0.15) is 47.0 Å². The van der Waals surface area contributed by atoms with Crippen molar-refractivity contribution in [3.8, 4) is 0 Å². The fourth-order valence-electron chi connectivity index (χ4n) is 4.11. The summed E-state index contributed by atoms with van der Waals surface area (Å²) in [5, 5.41) is 0. The summed E-state index contributed by atoms with van der Waals surface area (Å²) in [5.74, 6) is 1.51. The highest BCUT2D eigenvalue weighted by Gasteiger charge is 2.46. The first kappa shape index (κ1) is 14.3. The summed E-state index contributed by atoms with van der Waals surface area (Å²) >= 11 is 0. The van der Waals surface area contributed by atoms with Gasteiger partial charge in [0.2, 0.25) is 0 Å². The van der Waals surface area contributed by atoms with Crippen LogP contribution in [0.2, 0.25) is 0 Å². The van der Waals surface area contributed by atoms with E-state index in [9.17, 15) is 0 Å². The first-order valence-corrected chi connectivity index (χ1v) is 7.58. The van der Waals surface area contributed by atoms with Gasteiger partial charge in [-0.3, -0.25) is 4.90 Å². The van der Waals surface area contributed by atoms with Crippen molar-refractivity contribution in [2.75, 3.05) is 19.6 Å². The van der Waals surface area contributed by atoms with Crippen molar-refractivity contribution in [1.29, 1.82) is 0 Å². The summed E-state index contributed by atoms with van der Waals surface area (Å²) in [6.07, 6.45) is 4.60.